The van der Waals surface area contributed by atoms with Crippen molar-refractivity contribution in [3.8, 4) is 0 Å². The van der Waals surface area contributed by atoms with E-state index in [0.717, 1.165) is 60.1 Å². The van der Waals surface area contributed by atoms with E-state index in [1.54, 1.807) is 18.3 Å². The highest BCUT2D eigenvalue weighted by Crippen LogP contribution is 2.48. The lowest BCUT2D eigenvalue weighted by atomic mass is 9.71. The molecule has 0 amide bonds. The van der Waals surface area contributed by atoms with E-state index < -0.39 is 17.8 Å². The molecule has 4 heterocycles. The lowest BCUT2D eigenvalue weighted by Gasteiger charge is -2.58. The van der Waals surface area contributed by atoms with Gasteiger partial charge >= 0.3 is 6.18 Å². The molecule has 3 nitrogen and oxygen atoms in total. The van der Waals surface area contributed by atoms with Gasteiger partial charge in [0.25, 0.3) is 0 Å². The Morgan fingerprint density at radius 2 is 1.88 bits per heavy atom. The molecule has 3 aliphatic rings. The van der Waals surface area contributed by atoms with Crippen LogP contribution in [0.5, 0.6) is 0 Å². The summed E-state index contributed by atoms with van der Waals surface area (Å²) in [5.41, 5.74) is 1.96. The van der Waals surface area contributed by atoms with Gasteiger partial charge < -0.3 is 9.59 Å². The molecule has 0 aliphatic carbocycles. The topological polar surface area (TPSA) is 33.1 Å². The number of fused-ring (bicyclic) bond motifs is 4. The second kappa shape index (κ2) is 8.26. The first kappa shape index (κ1) is 22.1. The van der Waals surface area contributed by atoms with Gasteiger partial charge in [0.05, 0.1) is 24.2 Å². The van der Waals surface area contributed by atoms with Gasteiger partial charge in [-0.1, -0.05) is 36.4 Å². The number of nitrogens with zero attached hydrogens (tertiary/aromatic N) is 2. The Labute approximate surface area is 191 Å². The molecule has 3 saturated heterocycles. The summed E-state index contributed by atoms with van der Waals surface area (Å²) >= 11 is 0. The lowest BCUT2D eigenvalue weighted by molar-refractivity contribution is -0.984. The average Bonchev–Trinajstić information content (AvgIpc) is 2.83. The number of hydrogen-bond acceptors (Lipinski definition) is 2. The number of hydrogen-bond donors (Lipinski definition) is 1. The molecule has 2 bridgehead atoms. The van der Waals surface area contributed by atoms with Crippen molar-refractivity contribution < 1.29 is 22.8 Å². The van der Waals surface area contributed by atoms with Gasteiger partial charge in [-0.3, -0.25) is 4.98 Å². The Hall–Kier alpha value is -2.70. The van der Waals surface area contributed by atoms with Gasteiger partial charge in [-0.15, -0.1) is 6.58 Å². The van der Waals surface area contributed by atoms with E-state index in [9.17, 15) is 18.3 Å². The number of aliphatic hydroxyl groups is 1. The van der Waals surface area contributed by atoms with Crippen LogP contribution in [0.4, 0.5) is 13.2 Å². The molecule has 2 aromatic carbocycles. The molecule has 3 fully saturated rings. The number of piperidine rings is 3. The predicted octanol–water partition coefficient (Wildman–Crippen LogP) is 5.90. The van der Waals surface area contributed by atoms with E-state index in [4.69, 9.17) is 0 Å². The highest BCUT2D eigenvalue weighted by atomic mass is 19.4. The van der Waals surface area contributed by atoms with Gasteiger partial charge in [-0.05, 0) is 35.7 Å². The fraction of sp³-hybridized carbons (Fsp3) is 0.370. The Bertz CT molecular complexity index is 1150. The molecule has 6 heteroatoms. The minimum Gasteiger partial charge on any atom is -0.382 e. The van der Waals surface area contributed by atoms with Gasteiger partial charge in [-0.25, -0.2) is 0 Å². The van der Waals surface area contributed by atoms with Crippen LogP contribution in [-0.2, 0) is 12.7 Å². The summed E-state index contributed by atoms with van der Waals surface area (Å²) in [7, 11) is 0. The Morgan fingerprint density at radius 3 is 2.61 bits per heavy atom. The largest absolute Gasteiger partial charge is 0.416 e. The van der Waals surface area contributed by atoms with E-state index in [2.05, 4.69) is 11.6 Å². The zero-order valence-electron chi connectivity index (χ0n) is 18.4. The van der Waals surface area contributed by atoms with Gasteiger partial charge in [0.2, 0.25) is 0 Å². The van der Waals surface area contributed by atoms with E-state index in [1.165, 1.54) is 0 Å². The average molecular weight is 454 g/mol. The molecule has 0 saturated carbocycles. The number of para-hydroxylation sites is 1. The number of halogens is 3. The maximum atomic E-state index is 13.1. The first-order chi connectivity index (χ1) is 15.8. The zero-order chi connectivity index (χ0) is 23.2. The summed E-state index contributed by atoms with van der Waals surface area (Å²) in [4.78, 5) is 4.43. The zero-order valence-corrected chi connectivity index (χ0v) is 18.4. The van der Waals surface area contributed by atoms with E-state index >= 15 is 0 Å². The molecule has 0 unspecified atom stereocenters. The molecule has 5 atom stereocenters. The standard InChI is InChI=1S/C27H28F3N2O/c1-2-19-17-32(16-18-7-9-21(10-8-18)27(28,29)30)14-12-20(19)15-25(32)26(33)23-11-13-31-24-6-4-3-5-22(23)24/h2-11,13,19-20,25-26,33H,1,12,14-17H2/q+1/t19-,20-,25+,26-,32-/m0/s1. The molecule has 33 heavy (non-hydrogen) atoms. The van der Waals surface area contributed by atoms with Crippen LogP contribution in [0.3, 0.4) is 0 Å². The van der Waals surface area contributed by atoms with Gasteiger partial charge in [0, 0.05) is 35.9 Å². The van der Waals surface area contributed by atoms with E-state index in [-0.39, 0.29) is 6.04 Å². The SMILES string of the molecule is C=C[C@H]1C[N@@+]2(Cc3ccc(C(F)(F)F)cc3)CC[C@H]1C[C@@H]2[C@@H](O)c1ccnc2ccccc12. The molecule has 1 N–H and O–H groups in total. The van der Waals surface area contributed by atoms with Crippen LogP contribution in [0.15, 0.2) is 73.4 Å². The van der Waals surface area contributed by atoms with Crippen LogP contribution in [-0.4, -0.2) is 33.7 Å². The summed E-state index contributed by atoms with van der Waals surface area (Å²) in [6, 6.07) is 15.2. The molecule has 3 aliphatic heterocycles. The molecular formula is C27H28F3N2O+. The third-order valence-electron chi connectivity index (χ3n) is 7.82. The monoisotopic (exact) mass is 453 g/mol. The number of benzene rings is 2. The summed E-state index contributed by atoms with van der Waals surface area (Å²) in [5, 5.41) is 12.6. The number of aromatic nitrogens is 1. The van der Waals surface area contributed by atoms with Crippen LogP contribution in [0.2, 0.25) is 0 Å². The molecule has 172 valence electrons. The van der Waals surface area contributed by atoms with Crippen molar-refractivity contribution in [1.82, 2.24) is 4.98 Å². The quantitative estimate of drug-likeness (QED) is 0.386. The summed E-state index contributed by atoms with van der Waals surface area (Å²) in [6.45, 7) is 6.39. The first-order valence-corrected chi connectivity index (χ1v) is 11.5. The van der Waals surface area contributed by atoms with Crippen molar-refractivity contribution in [1.29, 1.82) is 0 Å². The molecule has 0 radical (unpaired) electrons. The fourth-order valence-electron chi connectivity index (χ4n) is 6.13. The third kappa shape index (κ3) is 3.96. The summed E-state index contributed by atoms with van der Waals surface area (Å²) < 4.78 is 39.8. The number of rotatable bonds is 5. The van der Waals surface area contributed by atoms with Crippen molar-refractivity contribution >= 4 is 10.9 Å². The van der Waals surface area contributed by atoms with Gasteiger partial charge in [0.1, 0.15) is 18.7 Å². The lowest BCUT2D eigenvalue weighted by Crippen LogP contribution is -2.67. The molecular weight excluding hydrogens is 425 g/mol. The summed E-state index contributed by atoms with van der Waals surface area (Å²) in [6.07, 6.45) is 0.648. The smallest absolute Gasteiger partial charge is 0.382 e. The van der Waals surface area contributed by atoms with Crippen molar-refractivity contribution in [3.05, 3.63) is 90.1 Å². The van der Waals surface area contributed by atoms with Crippen LogP contribution < -0.4 is 0 Å². The van der Waals surface area contributed by atoms with Crippen molar-refractivity contribution in [3.63, 3.8) is 0 Å². The number of aliphatic hydroxyl groups excluding tert-OH is 1. The Morgan fingerprint density at radius 1 is 1.12 bits per heavy atom. The maximum Gasteiger partial charge on any atom is 0.416 e. The van der Waals surface area contributed by atoms with Crippen LogP contribution in [0.25, 0.3) is 10.9 Å². The minimum absolute atomic E-state index is 0.0342. The highest BCUT2D eigenvalue weighted by Gasteiger charge is 2.54. The molecule has 1 aromatic heterocycles. The Balaban J connectivity index is 1.51. The van der Waals surface area contributed by atoms with Crippen LogP contribution in [0, 0.1) is 11.8 Å². The van der Waals surface area contributed by atoms with Crippen molar-refractivity contribution in [2.45, 2.75) is 37.7 Å². The van der Waals surface area contributed by atoms with Crippen LogP contribution in [0.1, 0.15) is 35.6 Å². The maximum absolute atomic E-state index is 13.1. The second-order valence-electron chi connectivity index (χ2n) is 9.59. The molecule has 0 spiro atoms. The normalized spacial score (nSPS) is 28.1. The predicted molar refractivity (Wildman–Crippen MR) is 122 cm³/mol. The highest BCUT2D eigenvalue weighted by molar-refractivity contribution is 5.82. The fourth-order valence-corrected chi connectivity index (χ4v) is 6.13. The third-order valence-corrected chi connectivity index (χ3v) is 7.82. The summed E-state index contributed by atoms with van der Waals surface area (Å²) in [5.74, 6) is 0.827. The van der Waals surface area contributed by atoms with Gasteiger partial charge in [-0.2, -0.15) is 13.2 Å². The van der Waals surface area contributed by atoms with Gasteiger partial charge in [0.15, 0.2) is 0 Å². The molecule has 6 rings (SSSR count). The van der Waals surface area contributed by atoms with E-state index in [1.807, 2.05) is 36.4 Å². The second-order valence-corrected chi connectivity index (χ2v) is 9.59. The van der Waals surface area contributed by atoms with Crippen molar-refractivity contribution in [2.75, 3.05) is 13.1 Å². The molecule has 3 aromatic rings. The minimum atomic E-state index is -4.34. The number of quaternary nitrogens is 1. The van der Waals surface area contributed by atoms with Crippen LogP contribution >= 0.6 is 0 Å². The van der Waals surface area contributed by atoms with E-state index in [0.29, 0.717) is 22.9 Å². The first-order valence-electron chi connectivity index (χ1n) is 11.5. The van der Waals surface area contributed by atoms with Crippen molar-refractivity contribution in [2.24, 2.45) is 11.8 Å². The Kier molecular flexibility index (Phi) is 5.53. The number of pyridine rings is 1. The number of alkyl halides is 3.